The molecule has 0 spiro atoms. The predicted octanol–water partition coefficient (Wildman–Crippen LogP) is 3.71. The van der Waals surface area contributed by atoms with E-state index in [1.807, 2.05) is 0 Å². The number of halogens is 1. The standard InChI is InChI=1S/C21H18FNO4/c1-13-19(21(25)27-3)16(12-14-7-6-8-15(11-14)26-2)20(24)23(13)18-10-5-4-9-17(18)22/h4-12H,1-3H3/b16-12-. The number of ether oxygens (including phenoxy) is 2. The molecule has 0 saturated heterocycles. The Bertz CT molecular complexity index is 978. The molecule has 0 aliphatic carbocycles. The fourth-order valence-electron chi connectivity index (χ4n) is 3.00. The number of methoxy groups -OCH3 is 2. The second-order valence-corrected chi connectivity index (χ2v) is 5.88. The van der Waals surface area contributed by atoms with Crippen LogP contribution in [0.5, 0.6) is 5.75 Å². The van der Waals surface area contributed by atoms with Crippen LogP contribution in [0.4, 0.5) is 10.1 Å². The van der Waals surface area contributed by atoms with E-state index in [4.69, 9.17) is 9.47 Å². The zero-order chi connectivity index (χ0) is 19.6. The summed E-state index contributed by atoms with van der Waals surface area (Å²) in [5.41, 5.74) is 1.30. The molecule has 2 aromatic rings. The SMILES string of the molecule is COC(=O)C1=C(C)N(c2ccccc2F)C(=O)/C1=C\c1cccc(OC)c1. The first kappa shape index (κ1) is 18.4. The van der Waals surface area contributed by atoms with Crippen LogP contribution < -0.4 is 9.64 Å². The number of hydrogen-bond acceptors (Lipinski definition) is 4. The first-order chi connectivity index (χ1) is 13.0. The summed E-state index contributed by atoms with van der Waals surface area (Å²) in [4.78, 5) is 26.6. The Hall–Kier alpha value is -3.41. The third-order valence-electron chi connectivity index (χ3n) is 4.29. The van der Waals surface area contributed by atoms with Gasteiger partial charge in [0, 0.05) is 5.70 Å². The summed E-state index contributed by atoms with van der Waals surface area (Å²) in [6, 6.07) is 13.0. The second-order valence-electron chi connectivity index (χ2n) is 5.88. The second kappa shape index (κ2) is 7.45. The summed E-state index contributed by atoms with van der Waals surface area (Å²) in [6.07, 6.45) is 1.57. The van der Waals surface area contributed by atoms with E-state index >= 15 is 0 Å². The normalized spacial score (nSPS) is 15.5. The van der Waals surface area contributed by atoms with Gasteiger partial charge in [0.05, 0.1) is 31.1 Å². The van der Waals surface area contributed by atoms with Crippen LogP contribution in [0.2, 0.25) is 0 Å². The number of hydrogen-bond donors (Lipinski definition) is 0. The van der Waals surface area contributed by atoms with E-state index in [2.05, 4.69) is 0 Å². The van der Waals surface area contributed by atoms with Crippen molar-refractivity contribution < 1.29 is 23.5 Å². The molecule has 2 aromatic carbocycles. The molecule has 5 nitrogen and oxygen atoms in total. The van der Waals surface area contributed by atoms with Gasteiger partial charge in [0.1, 0.15) is 11.6 Å². The molecular weight excluding hydrogens is 349 g/mol. The molecule has 6 heteroatoms. The van der Waals surface area contributed by atoms with Crippen molar-refractivity contribution in [3.8, 4) is 5.75 Å². The van der Waals surface area contributed by atoms with E-state index in [1.54, 1.807) is 43.3 Å². The number of carbonyl (C=O) groups excluding carboxylic acids is 2. The number of amides is 1. The fraction of sp³-hybridized carbons (Fsp3) is 0.143. The third kappa shape index (κ3) is 3.33. The molecule has 3 rings (SSSR count). The van der Waals surface area contributed by atoms with Gasteiger partial charge >= 0.3 is 5.97 Å². The monoisotopic (exact) mass is 367 g/mol. The lowest BCUT2D eigenvalue weighted by Gasteiger charge is -2.18. The largest absolute Gasteiger partial charge is 0.497 e. The molecule has 27 heavy (non-hydrogen) atoms. The van der Waals surface area contributed by atoms with Crippen molar-refractivity contribution in [2.75, 3.05) is 19.1 Å². The minimum Gasteiger partial charge on any atom is -0.497 e. The number of carbonyl (C=O) groups is 2. The van der Waals surface area contributed by atoms with Crippen LogP contribution in [0.1, 0.15) is 12.5 Å². The van der Waals surface area contributed by atoms with Crippen molar-refractivity contribution >= 4 is 23.6 Å². The average Bonchev–Trinajstić information content (AvgIpc) is 2.92. The van der Waals surface area contributed by atoms with Crippen molar-refractivity contribution in [3.05, 3.63) is 76.8 Å². The van der Waals surface area contributed by atoms with Gasteiger partial charge < -0.3 is 9.47 Å². The first-order valence-corrected chi connectivity index (χ1v) is 8.22. The topological polar surface area (TPSA) is 55.8 Å². The Morgan fingerprint density at radius 3 is 2.52 bits per heavy atom. The van der Waals surface area contributed by atoms with Crippen molar-refractivity contribution in [2.24, 2.45) is 0 Å². The summed E-state index contributed by atoms with van der Waals surface area (Å²) in [5.74, 6) is -1.10. The summed E-state index contributed by atoms with van der Waals surface area (Å²) in [7, 11) is 2.78. The summed E-state index contributed by atoms with van der Waals surface area (Å²) in [6.45, 7) is 1.59. The first-order valence-electron chi connectivity index (χ1n) is 8.22. The van der Waals surface area contributed by atoms with Gasteiger partial charge in [0.2, 0.25) is 0 Å². The summed E-state index contributed by atoms with van der Waals surface area (Å²) >= 11 is 0. The molecule has 1 aliphatic rings. The number of para-hydroxylation sites is 1. The lowest BCUT2D eigenvalue weighted by atomic mass is 10.0. The van der Waals surface area contributed by atoms with Crippen LogP contribution in [0.3, 0.4) is 0 Å². The molecular formula is C21H18FNO4. The Balaban J connectivity index is 2.16. The lowest BCUT2D eigenvalue weighted by Crippen LogP contribution is -2.25. The molecule has 1 aliphatic heterocycles. The van der Waals surface area contributed by atoms with Crippen molar-refractivity contribution in [1.29, 1.82) is 0 Å². The highest BCUT2D eigenvalue weighted by molar-refractivity contribution is 6.23. The van der Waals surface area contributed by atoms with Crippen molar-refractivity contribution in [2.45, 2.75) is 6.92 Å². The number of esters is 1. The molecule has 138 valence electrons. The number of nitrogens with zero attached hydrogens (tertiary/aromatic N) is 1. The Morgan fingerprint density at radius 2 is 1.85 bits per heavy atom. The zero-order valence-corrected chi connectivity index (χ0v) is 15.2. The van der Waals surface area contributed by atoms with Gasteiger partial charge in [-0.3, -0.25) is 9.69 Å². The fourth-order valence-corrected chi connectivity index (χ4v) is 3.00. The van der Waals surface area contributed by atoms with Crippen LogP contribution in [0, 0.1) is 5.82 Å². The van der Waals surface area contributed by atoms with Gasteiger partial charge in [-0.2, -0.15) is 0 Å². The number of rotatable bonds is 4. The predicted molar refractivity (Wildman–Crippen MR) is 99.6 cm³/mol. The molecule has 0 fully saturated rings. The number of allylic oxidation sites excluding steroid dienone is 1. The highest BCUT2D eigenvalue weighted by Gasteiger charge is 2.38. The van der Waals surface area contributed by atoms with Gasteiger partial charge in [-0.15, -0.1) is 0 Å². The van der Waals surface area contributed by atoms with Gasteiger partial charge in [0.15, 0.2) is 0 Å². The Labute approximate surface area is 156 Å². The van der Waals surface area contributed by atoms with E-state index in [9.17, 15) is 14.0 Å². The van der Waals surface area contributed by atoms with E-state index in [1.165, 1.54) is 37.3 Å². The van der Waals surface area contributed by atoms with Crippen LogP contribution in [0.15, 0.2) is 65.4 Å². The quantitative estimate of drug-likeness (QED) is 0.611. The minimum atomic E-state index is -0.658. The maximum atomic E-state index is 14.3. The molecule has 0 aromatic heterocycles. The molecule has 0 bridgehead atoms. The van der Waals surface area contributed by atoms with E-state index < -0.39 is 17.7 Å². The van der Waals surface area contributed by atoms with Gasteiger partial charge in [0.25, 0.3) is 5.91 Å². The Morgan fingerprint density at radius 1 is 1.11 bits per heavy atom. The minimum absolute atomic E-state index is 0.0791. The van der Waals surface area contributed by atoms with Crippen molar-refractivity contribution in [1.82, 2.24) is 0 Å². The molecule has 1 amide bonds. The van der Waals surface area contributed by atoms with Gasteiger partial charge in [-0.1, -0.05) is 24.3 Å². The van der Waals surface area contributed by atoms with Crippen LogP contribution in [-0.4, -0.2) is 26.1 Å². The average molecular weight is 367 g/mol. The highest BCUT2D eigenvalue weighted by Crippen LogP contribution is 2.36. The summed E-state index contributed by atoms with van der Waals surface area (Å²) < 4.78 is 24.3. The van der Waals surface area contributed by atoms with E-state index in [0.717, 1.165) is 0 Å². The maximum absolute atomic E-state index is 14.3. The van der Waals surface area contributed by atoms with E-state index in [-0.39, 0.29) is 16.8 Å². The van der Waals surface area contributed by atoms with Gasteiger partial charge in [-0.05, 0) is 42.8 Å². The molecule has 0 N–H and O–H groups in total. The molecule has 0 radical (unpaired) electrons. The Kier molecular flexibility index (Phi) is 5.07. The van der Waals surface area contributed by atoms with Crippen LogP contribution in [0.25, 0.3) is 6.08 Å². The third-order valence-corrected chi connectivity index (χ3v) is 4.29. The van der Waals surface area contributed by atoms with Crippen LogP contribution in [-0.2, 0) is 14.3 Å². The zero-order valence-electron chi connectivity index (χ0n) is 15.2. The molecule has 0 atom stereocenters. The van der Waals surface area contributed by atoms with Crippen molar-refractivity contribution in [3.63, 3.8) is 0 Å². The van der Waals surface area contributed by atoms with E-state index in [0.29, 0.717) is 17.0 Å². The highest BCUT2D eigenvalue weighted by atomic mass is 19.1. The summed E-state index contributed by atoms with van der Waals surface area (Å²) in [5, 5.41) is 0. The molecule has 1 heterocycles. The molecule has 0 unspecified atom stereocenters. The smallest absolute Gasteiger partial charge is 0.340 e. The van der Waals surface area contributed by atoms with Crippen LogP contribution >= 0.6 is 0 Å². The maximum Gasteiger partial charge on any atom is 0.340 e. The number of anilines is 1. The van der Waals surface area contributed by atoms with Gasteiger partial charge in [-0.25, -0.2) is 9.18 Å². The number of benzene rings is 2. The lowest BCUT2D eigenvalue weighted by molar-refractivity contribution is -0.136. The molecule has 0 saturated carbocycles.